The van der Waals surface area contributed by atoms with Crippen LogP contribution in [0.4, 0.5) is 5.69 Å². The number of nitrogens with two attached hydrogens (primary N) is 1. The van der Waals surface area contributed by atoms with Crippen LogP contribution in [0.15, 0.2) is 48.5 Å². The zero-order chi connectivity index (χ0) is 12.8. The first kappa shape index (κ1) is 12.3. The van der Waals surface area contributed by atoms with Crippen LogP contribution in [0.5, 0.6) is 11.5 Å². The number of rotatable bonds is 5. The Hall–Kier alpha value is -2.16. The van der Waals surface area contributed by atoms with Gasteiger partial charge in [-0.1, -0.05) is 30.3 Å². The molecule has 0 saturated carbocycles. The lowest BCUT2D eigenvalue weighted by Crippen LogP contribution is -2.04. The maximum absolute atomic E-state index is 5.81. The monoisotopic (exact) mass is 243 g/mol. The van der Waals surface area contributed by atoms with Crippen LogP contribution >= 0.6 is 0 Å². The quantitative estimate of drug-likeness (QED) is 0.821. The molecule has 0 aromatic heterocycles. The van der Waals surface area contributed by atoms with E-state index < -0.39 is 0 Å². The van der Waals surface area contributed by atoms with E-state index in [1.165, 1.54) is 0 Å². The van der Waals surface area contributed by atoms with Crippen molar-refractivity contribution in [3.8, 4) is 11.5 Å². The Bertz CT molecular complexity index is 511. The van der Waals surface area contributed by atoms with Gasteiger partial charge in [0.15, 0.2) is 0 Å². The molecule has 0 aliphatic heterocycles. The first-order chi connectivity index (χ1) is 8.81. The van der Waals surface area contributed by atoms with Crippen molar-refractivity contribution in [1.29, 1.82) is 0 Å². The Kier molecular flexibility index (Phi) is 4.07. The molecule has 2 aromatic carbocycles. The minimum absolute atomic E-state index is 0.578. The molecule has 94 valence electrons. The molecule has 18 heavy (non-hydrogen) atoms. The Labute approximate surface area is 107 Å². The predicted octanol–water partition coefficient (Wildman–Crippen LogP) is 2.90. The minimum Gasteiger partial charge on any atom is -0.496 e. The maximum Gasteiger partial charge on any atom is 0.142 e. The average molecular weight is 243 g/mol. The van der Waals surface area contributed by atoms with Crippen molar-refractivity contribution in [2.75, 3.05) is 19.5 Å². The van der Waals surface area contributed by atoms with E-state index in [0.29, 0.717) is 12.3 Å². The largest absolute Gasteiger partial charge is 0.496 e. The van der Waals surface area contributed by atoms with Gasteiger partial charge in [0, 0.05) is 6.42 Å². The van der Waals surface area contributed by atoms with Gasteiger partial charge in [-0.05, 0) is 23.8 Å². The van der Waals surface area contributed by atoms with Gasteiger partial charge in [-0.25, -0.2) is 0 Å². The maximum atomic E-state index is 5.81. The van der Waals surface area contributed by atoms with E-state index >= 15 is 0 Å². The van der Waals surface area contributed by atoms with Gasteiger partial charge in [-0.3, -0.25) is 0 Å². The number of anilines is 1. The summed E-state index contributed by atoms with van der Waals surface area (Å²) in [6.07, 6.45) is 0.790. The summed E-state index contributed by atoms with van der Waals surface area (Å²) in [5.41, 5.74) is 7.60. The summed E-state index contributed by atoms with van der Waals surface area (Å²) in [7, 11) is 1.68. The highest BCUT2D eigenvalue weighted by atomic mass is 16.5. The van der Waals surface area contributed by atoms with Crippen molar-refractivity contribution >= 4 is 5.69 Å². The Morgan fingerprint density at radius 3 is 2.33 bits per heavy atom. The number of ether oxygens (including phenoxy) is 2. The molecule has 2 aromatic rings. The van der Waals surface area contributed by atoms with Gasteiger partial charge < -0.3 is 15.2 Å². The van der Waals surface area contributed by atoms with Crippen molar-refractivity contribution in [3.63, 3.8) is 0 Å². The van der Waals surface area contributed by atoms with Crippen LogP contribution in [-0.4, -0.2) is 13.7 Å². The minimum atomic E-state index is 0.578. The lowest BCUT2D eigenvalue weighted by Gasteiger charge is -2.10. The summed E-state index contributed by atoms with van der Waals surface area (Å²) >= 11 is 0. The summed E-state index contributed by atoms with van der Waals surface area (Å²) in [4.78, 5) is 0. The molecule has 0 bridgehead atoms. The molecule has 0 radical (unpaired) electrons. The molecule has 3 heteroatoms. The summed E-state index contributed by atoms with van der Waals surface area (Å²) < 4.78 is 11.0. The Morgan fingerprint density at radius 2 is 1.61 bits per heavy atom. The summed E-state index contributed by atoms with van der Waals surface area (Å²) in [5.74, 6) is 1.62. The molecule has 0 unspecified atom stereocenters. The van der Waals surface area contributed by atoms with E-state index in [4.69, 9.17) is 15.2 Å². The highest BCUT2D eigenvalue weighted by molar-refractivity contribution is 5.51. The second-order valence-electron chi connectivity index (χ2n) is 3.95. The highest BCUT2D eigenvalue weighted by Crippen LogP contribution is 2.21. The summed E-state index contributed by atoms with van der Waals surface area (Å²) in [5, 5.41) is 0. The van der Waals surface area contributed by atoms with Crippen LogP contribution in [0.2, 0.25) is 0 Å². The first-order valence-electron chi connectivity index (χ1n) is 5.90. The van der Waals surface area contributed by atoms with E-state index in [-0.39, 0.29) is 0 Å². The van der Waals surface area contributed by atoms with Crippen LogP contribution in [0.3, 0.4) is 0 Å². The Balaban J connectivity index is 1.95. The van der Waals surface area contributed by atoms with Gasteiger partial charge in [-0.2, -0.15) is 0 Å². The van der Waals surface area contributed by atoms with E-state index in [2.05, 4.69) is 0 Å². The van der Waals surface area contributed by atoms with E-state index in [0.717, 1.165) is 23.5 Å². The second kappa shape index (κ2) is 5.96. The lowest BCUT2D eigenvalue weighted by atomic mass is 10.1. The molecule has 0 fully saturated rings. The number of nitrogen functional groups attached to an aromatic ring is 1. The smallest absolute Gasteiger partial charge is 0.142 e. The van der Waals surface area contributed by atoms with Gasteiger partial charge in [0.1, 0.15) is 11.5 Å². The molecule has 0 heterocycles. The molecular weight excluding hydrogens is 226 g/mol. The number of hydrogen-bond acceptors (Lipinski definition) is 3. The molecule has 0 amide bonds. The molecule has 3 nitrogen and oxygen atoms in total. The molecule has 0 atom stereocenters. The van der Waals surface area contributed by atoms with Crippen LogP contribution in [0.25, 0.3) is 0 Å². The summed E-state index contributed by atoms with van der Waals surface area (Å²) in [6.45, 7) is 0.578. The zero-order valence-corrected chi connectivity index (χ0v) is 10.4. The molecule has 0 aliphatic rings. The zero-order valence-electron chi connectivity index (χ0n) is 10.4. The van der Waals surface area contributed by atoms with Crippen LogP contribution in [0, 0.1) is 0 Å². The third-order valence-corrected chi connectivity index (χ3v) is 2.74. The SMILES string of the molecule is COc1ccccc1CCOc1ccccc1N. The van der Waals surface area contributed by atoms with Gasteiger partial charge >= 0.3 is 0 Å². The van der Waals surface area contributed by atoms with Crippen molar-refractivity contribution in [1.82, 2.24) is 0 Å². The van der Waals surface area contributed by atoms with E-state index in [9.17, 15) is 0 Å². The molecular formula is C15H17NO2. The Morgan fingerprint density at radius 1 is 0.944 bits per heavy atom. The summed E-state index contributed by atoms with van der Waals surface area (Å²) in [6, 6.07) is 15.4. The van der Waals surface area contributed by atoms with E-state index in [1.54, 1.807) is 7.11 Å². The molecule has 2 rings (SSSR count). The van der Waals surface area contributed by atoms with Crippen LogP contribution in [-0.2, 0) is 6.42 Å². The molecule has 0 saturated heterocycles. The third kappa shape index (κ3) is 2.94. The van der Waals surface area contributed by atoms with Gasteiger partial charge in [0.05, 0.1) is 19.4 Å². The second-order valence-corrected chi connectivity index (χ2v) is 3.95. The fraction of sp³-hybridized carbons (Fsp3) is 0.200. The van der Waals surface area contributed by atoms with E-state index in [1.807, 2.05) is 48.5 Å². The fourth-order valence-corrected chi connectivity index (χ4v) is 1.79. The molecule has 0 aliphatic carbocycles. The van der Waals surface area contributed by atoms with Gasteiger partial charge in [-0.15, -0.1) is 0 Å². The number of methoxy groups -OCH3 is 1. The predicted molar refractivity (Wildman–Crippen MR) is 73.0 cm³/mol. The van der Waals surface area contributed by atoms with Gasteiger partial charge in [0.2, 0.25) is 0 Å². The average Bonchev–Trinajstić information content (AvgIpc) is 2.41. The van der Waals surface area contributed by atoms with Gasteiger partial charge in [0.25, 0.3) is 0 Å². The topological polar surface area (TPSA) is 44.5 Å². The van der Waals surface area contributed by atoms with Crippen molar-refractivity contribution in [2.24, 2.45) is 0 Å². The number of para-hydroxylation sites is 3. The fourth-order valence-electron chi connectivity index (χ4n) is 1.79. The van der Waals surface area contributed by atoms with Crippen molar-refractivity contribution < 1.29 is 9.47 Å². The standard InChI is InChI=1S/C15H17NO2/c1-17-14-8-4-2-6-12(14)10-11-18-15-9-5-3-7-13(15)16/h2-9H,10-11,16H2,1H3. The third-order valence-electron chi connectivity index (χ3n) is 2.74. The first-order valence-corrected chi connectivity index (χ1v) is 5.90. The highest BCUT2D eigenvalue weighted by Gasteiger charge is 2.03. The molecule has 2 N–H and O–H groups in total. The van der Waals surface area contributed by atoms with Crippen LogP contribution < -0.4 is 15.2 Å². The normalized spacial score (nSPS) is 10.1. The lowest BCUT2D eigenvalue weighted by molar-refractivity contribution is 0.320. The molecule has 0 spiro atoms. The van der Waals surface area contributed by atoms with Crippen molar-refractivity contribution in [3.05, 3.63) is 54.1 Å². The number of benzene rings is 2. The van der Waals surface area contributed by atoms with Crippen LogP contribution in [0.1, 0.15) is 5.56 Å². The van der Waals surface area contributed by atoms with Crippen molar-refractivity contribution in [2.45, 2.75) is 6.42 Å². The number of hydrogen-bond donors (Lipinski definition) is 1.